The minimum absolute atomic E-state index is 0.0105. The van der Waals surface area contributed by atoms with Crippen LogP contribution in [-0.2, 0) is 32.6 Å². The molecule has 1 atom stereocenters. The molecule has 0 bridgehead atoms. The molecule has 0 aliphatic heterocycles. The molecule has 0 saturated carbocycles. The fourth-order valence-corrected chi connectivity index (χ4v) is 6.78. The Kier molecular flexibility index (Phi) is 10.9. The zero-order chi connectivity index (χ0) is 31.0. The van der Waals surface area contributed by atoms with Crippen LogP contribution in [0.3, 0.4) is 0 Å². The Balaban J connectivity index is 1.81. The zero-order valence-corrected chi connectivity index (χ0v) is 26.2. The molecule has 0 radical (unpaired) electrons. The van der Waals surface area contributed by atoms with Crippen molar-refractivity contribution in [2.45, 2.75) is 37.8 Å². The number of sulfonamides is 1. The normalized spacial score (nSPS) is 11.9. The van der Waals surface area contributed by atoms with E-state index in [2.05, 4.69) is 5.32 Å². The Morgan fingerprint density at radius 3 is 2.12 bits per heavy atom. The number of hydrogen-bond acceptors (Lipinski definition) is 4. The number of hydrogen-bond donors (Lipinski definition) is 1. The lowest BCUT2D eigenvalue weighted by Gasteiger charge is -2.34. The third kappa shape index (κ3) is 8.16. The van der Waals surface area contributed by atoms with Crippen molar-refractivity contribution in [3.05, 3.63) is 130 Å². The highest BCUT2D eigenvalue weighted by Gasteiger charge is 2.35. The van der Waals surface area contributed by atoms with Gasteiger partial charge in [0.25, 0.3) is 10.0 Å². The van der Waals surface area contributed by atoms with Crippen LogP contribution in [0.1, 0.15) is 23.6 Å². The lowest BCUT2D eigenvalue weighted by atomic mass is 10.0. The number of carbonyl (C=O) groups is 2. The van der Waals surface area contributed by atoms with E-state index in [9.17, 15) is 18.0 Å². The minimum atomic E-state index is -4.25. The van der Waals surface area contributed by atoms with Gasteiger partial charge in [0.05, 0.1) is 15.6 Å². The number of aryl methyl sites for hydroxylation is 1. The van der Waals surface area contributed by atoms with E-state index in [0.717, 1.165) is 21.0 Å². The van der Waals surface area contributed by atoms with Gasteiger partial charge in [-0.3, -0.25) is 13.9 Å². The van der Waals surface area contributed by atoms with Crippen LogP contribution in [0.15, 0.2) is 108 Å². The molecule has 0 aliphatic carbocycles. The molecule has 4 rings (SSSR count). The smallest absolute Gasteiger partial charge is 0.264 e. The molecule has 10 heteroatoms. The monoisotopic (exact) mass is 637 g/mol. The van der Waals surface area contributed by atoms with Crippen molar-refractivity contribution in [1.29, 1.82) is 0 Å². The van der Waals surface area contributed by atoms with E-state index in [-0.39, 0.29) is 34.5 Å². The summed E-state index contributed by atoms with van der Waals surface area (Å²) in [6, 6.07) is 28.3. The van der Waals surface area contributed by atoms with Crippen molar-refractivity contribution in [3.63, 3.8) is 0 Å². The van der Waals surface area contributed by atoms with Crippen LogP contribution in [-0.4, -0.2) is 44.3 Å². The first-order valence-electron chi connectivity index (χ1n) is 13.8. The average Bonchev–Trinajstić information content (AvgIpc) is 2.99. The van der Waals surface area contributed by atoms with Gasteiger partial charge < -0.3 is 10.2 Å². The number of rotatable bonds is 12. The fraction of sp³-hybridized carbons (Fsp3) is 0.212. The van der Waals surface area contributed by atoms with Crippen molar-refractivity contribution in [2.24, 2.45) is 0 Å². The summed E-state index contributed by atoms with van der Waals surface area (Å²) in [5.41, 5.74) is 2.74. The van der Waals surface area contributed by atoms with Crippen LogP contribution in [0.4, 0.5) is 5.69 Å². The van der Waals surface area contributed by atoms with E-state index in [1.54, 1.807) is 25.1 Å². The van der Waals surface area contributed by atoms with Crippen molar-refractivity contribution in [3.8, 4) is 0 Å². The summed E-state index contributed by atoms with van der Waals surface area (Å²) in [6.07, 6.45) is 0.233. The topological polar surface area (TPSA) is 86.8 Å². The summed E-state index contributed by atoms with van der Waals surface area (Å²) in [5.74, 6) is -0.909. The van der Waals surface area contributed by atoms with Crippen LogP contribution in [0.25, 0.3) is 0 Å². The van der Waals surface area contributed by atoms with Gasteiger partial charge in [-0.1, -0.05) is 102 Å². The Hall–Kier alpha value is -3.85. The Morgan fingerprint density at radius 2 is 1.49 bits per heavy atom. The molecule has 4 aromatic rings. The lowest BCUT2D eigenvalue weighted by molar-refractivity contribution is -0.140. The number of benzene rings is 4. The quantitative estimate of drug-likeness (QED) is 0.198. The standard InChI is InChI=1S/C33H33Cl2N3O4S/c1-3-36-33(40)31(20-25-12-6-4-7-13-25)37(22-26-14-10-11-24(2)19-26)32(39)23-38(30-18-17-27(34)21-29(30)35)43(41,42)28-15-8-5-9-16-28/h4-19,21,31H,3,20,22-23H2,1-2H3,(H,36,40)/t31-/m1/s1. The van der Waals surface area contributed by atoms with E-state index in [4.69, 9.17) is 23.2 Å². The number of likely N-dealkylation sites (N-methyl/N-ethyl adjacent to an activating group) is 1. The largest absolute Gasteiger partial charge is 0.355 e. The lowest BCUT2D eigenvalue weighted by Crippen LogP contribution is -2.53. The minimum Gasteiger partial charge on any atom is -0.355 e. The van der Waals surface area contributed by atoms with E-state index >= 15 is 0 Å². The van der Waals surface area contributed by atoms with Crippen LogP contribution < -0.4 is 9.62 Å². The summed E-state index contributed by atoms with van der Waals surface area (Å²) < 4.78 is 29.0. The summed E-state index contributed by atoms with van der Waals surface area (Å²) in [5, 5.41) is 3.24. The van der Waals surface area contributed by atoms with Crippen molar-refractivity contribution in [1.82, 2.24) is 10.2 Å². The van der Waals surface area contributed by atoms with Gasteiger partial charge in [-0.2, -0.15) is 0 Å². The van der Waals surface area contributed by atoms with Crippen LogP contribution in [0.2, 0.25) is 10.0 Å². The summed E-state index contributed by atoms with van der Waals surface area (Å²) in [4.78, 5) is 29.4. The molecule has 0 spiro atoms. The van der Waals surface area contributed by atoms with Gasteiger partial charge in [0.15, 0.2) is 0 Å². The first kappa shape index (κ1) is 32.1. The van der Waals surface area contributed by atoms with Crippen LogP contribution in [0.5, 0.6) is 0 Å². The van der Waals surface area contributed by atoms with Gasteiger partial charge in [0.2, 0.25) is 11.8 Å². The molecule has 0 heterocycles. The summed E-state index contributed by atoms with van der Waals surface area (Å²) >= 11 is 12.6. The molecule has 7 nitrogen and oxygen atoms in total. The molecular weight excluding hydrogens is 605 g/mol. The predicted octanol–water partition coefficient (Wildman–Crippen LogP) is 6.27. The maximum atomic E-state index is 14.4. The molecule has 1 N–H and O–H groups in total. The van der Waals surface area contributed by atoms with Gasteiger partial charge >= 0.3 is 0 Å². The predicted molar refractivity (Wildman–Crippen MR) is 172 cm³/mol. The zero-order valence-electron chi connectivity index (χ0n) is 23.9. The van der Waals surface area contributed by atoms with Gasteiger partial charge in [-0.15, -0.1) is 0 Å². The van der Waals surface area contributed by atoms with Crippen molar-refractivity contribution >= 4 is 50.7 Å². The molecule has 43 heavy (non-hydrogen) atoms. The van der Waals surface area contributed by atoms with E-state index in [1.165, 1.54) is 35.2 Å². The van der Waals surface area contributed by atoms with E-state index in [1.807, 2.05) is 61.5 Å². The number of nitrogens with one attached hydrogen (secondary N) is 1. The van der Waals surface area contributed by atoms with Crippen LogP contribution in [0, 0.1) is 6.92 Å². The third-order valence-electron chi connectivity index (χ3n) is 6.85. The van der Waals surface area contributed by atoms with Gasteiger partial charge in [-0.05, 0) is 55.3 Å². The molecule has 0 saturated heterocycles. The molecule has 0 unspecified atom stereocenters. The molecule has 2 amide bonds. The Morgan fingerprint density at radius 1 is 0.837 bits per heavy atom. The summed E-state index contributed by atoms with van der Waals surface area (Å²) in [6.45, 7) is 3.60. The highest BCUT2D eigenvalue weighted by atomic mass is 35.5. The maximum Gasteiger partial charge on any atom is 0.264 e. The molecule has 0 aromatic heterocycles. The van der Waals surface area contributed by atoms with E-state index in [0.29, 0.717) is 11.6 Å². The molecular formula is C33H33Cl2N3O4S. The molecule has 0 fully saturated rings. The van der Waals surface area contributed by atoms with Crippen molar-refractivity contribution in [2.75, 3.05) is 17.4 Å². The number of carbonyl (C=O) groups excluding carboxylic acids is 2. The van der Waals surface area contributed by atoms with Gasteiger partial charge in [-0.25, -0.2) is 8.42 Å². The SMILES string of the molecule is CCNC(=O)[C@@H](Cc1ccccc1)N(Cc1cccc(C)c1)C(=O)CN(c1ccc(Cl)cc1Cl)S(=O)(=O)c1ccccc1. The highest BCUT2D eigenvalue weighted by Crippen LogP contribution is 2.33. The first-order valence-corrected chi connectivity index (χ1v) is 16.0. The maximum absolute atomic E-state index is 14.4. The summed E-state index contributed by atoms with van der Waals surface area (Å²) in [7, 11) is -4.25. The number of anilines is 1. The second-order valence-electron chi connectivity index (χ2n) is 10.0. The molecule has 4 aromatic carbocycles. The van der Waals surface area contributed by atoms with Gasteiger partial charge in [0, 0.05) is 24.5 Å². The van der Waals surface area contributed by atoms with E-state index < -0.39 is 28.5 Å². The highest BCUT2D eigenvalue weighted by molar-refractivity contribution is 7.92. The fourth-order valence-electron chi connectivity index (χ4n) is 4.77. The van der Waals surface area contributed by atoms with Crippen molar-refractivity contribution < 1.29 is 18.0 Å². The molecule has 0 aliphatic rings. The van der Waals surface area contributed by atoms with Crippen LogP contribution >= 0.6 is 23.2 Å². The third-order valence-corrected chi connectivity index (χ3v) is 9.16. The Labute approximate surface area is 263 Å². The van der Waals surface area contributed by atoms with Gasteiger partial charge in [0.1, 0.15) is 12.6 Å². The second kappa shape index (κ2) is 14.6. The number of halogens is 2. The number of amides is 2. The average molecular weight is 639 g/mol. The number of nitrogens with zero attached hydrogens (tertiary/aromatic N) is 2. The first-order chi connectivity index (χ1) is 20.6. The second-order valence-corrected chi connectivity index (χ2v) is 12.7. The Bertz CT molecular complexity index is 1670. The molecule has 224 valence electrons.